The Labute approximate surface area is 166 Å². The molecule has 0 heterocycles. The van der Waals surface area contributed by atoms with Gasteiger partial charge in [-0.1, -0.05) is 19.1 Å². The minimum atomic E-state index is -1.22. The topological polar surface area (TPSA) is 94.8 Å². The van der Waals surface area contributed by atoms with E-state index in [2.05, 4.69) is 13.5 Å². The number of aliphatic hydroxyl groups excluding tert-OH is 1. The Balaban J connectivity index is 1.58. The van der Waals surface area contributed by atoms with Crippen molar-refractivity contribution in [2.45, 2.75) is 76.4 Å². The van der Waals surface area contributed by atoms with E-state index in [9.17, 15) is 19.8 Å². The molecule has 154 valence electrons. The van der Waals surface area contributed by atoms with E-state index in [1.165, 1.54) is 5.57 Å². The smallest absolute Gasteiger partial charge is 0.306 e. The number of hydrogen-bond acceptors (Lipinski definition) is 4. The van der Waals surface area contributed by atoms with Crippen LogP contribution in [0.15, 0.2) is 23.8 Å². The molecule has 0 bridgehead atoms. The van der Waals surface area contributed by atoms with E-state index in [0.29, 0.717) is 36.5 Å². The molecule has 0 spiro atoms. The van der Waals surface area contributed by atoms with Gasteiger partial charge in [0.15, 0.2) is 5.78 Å². The highest BCUT2D eigenvalue weighted by Gasteiger charge is 2.63. The normalized spacial score (nSPS) is 43.4. The Bertz CT molecular complexity index is 739. The third-order valence-electron chi connectivity index (χ3n) is 8.75. The number of aliphatic hydroxyl groups is 2. The van der Waals surface area contributed by atoms with Crippen LogP contribution in [0.4, 0.5) is 0 Å². The van der Waals surface area contributed by atoms with Crippen LogP contribution in [-0.2, 0) is 9.59 Å². The van der Waals surface area contributed by atoms with Gasteiger partial charge in [-0.05, 0) is 80.3 Å². The first-order valence-corrected chi connectivity index (χ1v) is 10.7. The molecule has 3 fully saturated rings. The summed E-state index contributed by atoms with van der Waals surface area (Å²) in [5, 5.41) is 31.0. The molecule has 0 unspecified atom stereocenters. The summed E-state index contributed by atoms with van der Waals surface area (Å²) in [5.74, 6) is 1.14. The van der Waals surface area contributed by atoms with E-state index in [-0.39, 0.29) is 16.8 Å². The number of allylic oxidation sites excluding steroid dienone is 1. The molecule has 4 rings (SSSR count). The lowest BCUT2D eigenvalue weighted by Gasteiger charge is -2.56. The zero-order chi connectivity index (χ0) is 20.3. The van der Waals surface area contributed by atoms with Crippen molar-refractivity contribution >= 4 is 11.8 Å². The number of rotatable bonds is 4. The van der Waals surface area contributed by atoms with Crippen molar-refractivity contribution in [1.29, 1.82) is 0 Å². The second kappa shape index (κ2) is 6.81. The summed E-state index contributed by atoms with van der Waals surface area (Å²) in [7, 11) is 0. The first-order chi connectivity index (χ1) is 13.2. The zero-order valence-corrected chi connectivity index (χ0v) is 16.7. The third kappa shape index (κ3) is 2.81. The maximum Gasteiger partial charge on any atom is 0.306 e. The second-order valence-corrected chi connectivity index (χ2v) is 9.80. The summed E-state index contributed by atoms with van der Waals surface area (Å²) < 4.78 is 0. The molecule has 5 nitrogen and oxygen atoms in total. The molecule has 28 heavy (non-hydrogen) atoms. The van der Waals surface area contributed by atoms with Gasteiger partial charge in [0, 0.05) is 11.8 Å². The van der Waals surface area contributed by atoms with Crippen LogP contribution >= 0.6 is 0 Å². The molecule has 0 amide bonds. The minimum Gasteiger partial charge on any atom is -0.481 e. The van der Waals surface area contributed by atoms with Gasteiger partial charge in [0.1, 0.15) is 0 Å². The predicted octanol–water partition coefficient (Wildman–Crippen LogP) is 3.25. The molecular weight excluding hydrogens is 356 g/mol. The van der Waals surface area contributed by atoms with Gasteiger partial charge in [0.25, 0.3) is 0 Å². The van der Waals surface area contributed by atoms with Crippen molar-refractivity contribution in [3.05, 3.63) is 23.8 Å². The monoisotopic (exact) mass is 388 g/mol. The maximum absolute atomic E-state index is 11.8. The number of aliphatic carboxylic acids is 1. The molecule has 4 aliphatic carbocycles. The van der Waals surface area contributed by atoms with Crippen LogP contribution in [-0.4, -0.2) is 38.8 Å². The van der Waals surface area contributed by atoms with Gasteiger partial charge in [-0.3, -0.25) is 9.59 Å². The van der Waals surface area contributed by atoms with Crippen LogP contribution in [0.3, 0.4) is 0 Å². The highest BCUT2D eigenvalue weighted by atomic mass is 16.4. The summed E-state index contributed by atoms with van der Waals surface area (Å²) in [6.45, 7) is 6.09. The Morgan fingerprint density at radius 1 is 1.21 bits per heavy atom. The molecule has 5 heteroatoms. The summed E-state index contributed by atoms with van der Waals surface area (Å²) in [4.78, 5) is 22.9. The van der Waals surface area contributed by atoms with Crippen LogP contribution in [0.2, 0.25) is 0 Å². The van der Waals surface area contributed by atoms with Crippen LogP contribution in [0, 0.1) is 29.1 Å². The van der Waals surface area contributed by atoms with Gasteiger partial charge in [-0.2, -0.15) is 0 Å². The Kier molecular flexibility index (Phi) is 4.82. The van der Waals surface area contributed by atoms with Gasteiger partial charge in [-0.25, -0.2) is 0 Å². The largest absolute Gasteiger partial charge is 0.481 e. The summed E-state index contributed by atoms with van der Waals surface area (Å²) in [6.07, 6.45) is 7.20. The zero-order valence-electron chi connectivity index (χ0n) is 16.7. The van der Waals surface area contributed by atoms with E-state index in [0.717, 1.165) is 38.5 Å². The van der Waals surface area contributed by atoms with Gasteiger partial charge in [0.05, 0.1) is 18.1 Å². The summed E-state index contributed by atoms with van der Waals surface area (Å²) in [6, 6.07) is 0. The van der Waals surface area contributed by atoms with Gasteiger partial charge in [-0.15, -0.1) is 0 Å². The molecule has 4 aliphatic rings. The van der Waals surface area contributed by atoms with Crippen molar-refractivity contribution in [2.24, 2.45) is 29.1 Å². The predicted molar refractivity (Wildman–Crippen MR) is 104 cm³/mol. The van der Waals surface area contributed by atoms with Crippen molar-refractivity contribution in [3.63, 3.8) is 0 Å². The number of carbonyl (C=O) groups is 2. The summed E-state index contributed by atoms with van der Waals surface area (Å²) in [5.41, 5.74) is 0.0284. The molecule has 3 N–H and O–H groups in total. The number of carbonyl (C=O) groups excluding carboxylic acids is 1. The third-order valence-corrected chi connectivity index (χ3v) is 8.75. The lowest BCUT2D eigenvalue weighted by Crippen LogP contribution is -2.54. The van der Waals surface area contributed by atoms with Crippen LogP contribution in [0.1, 0.15) is 64.7 Å². The molecule has 0 aromatic heterocycles. The van der Waals surface area contributed by atoms with Crippen molar-refractivity contribution in [2.75, 3.05) is 0 Å². The number of hydrogen-bond donors (Lipinski definition) is 3. The fraction of sp³-hybridized carbons (Fsp3) is 0.739. The van der Waals surface area contributed by atoms with Crippen molar-refractivity contribution < 1.29 is 24.9 Å². The highest BCUT2D eigenvalue weighted by molar-refractivity contribution is 5.91. The Morgan fingerprint density at radius 2 is 1.96 bits per heavy atom. The SMILES string of the molecule is C=C([C@H](O)CC(=O)O)[C@]1(O)CC[C@H]2[C@@H]3CCC4=CC(=O)CC[C@@H]4[C@H]3CC[C@@]21C. The van der Waals surface area contributed by atoms with E-state index in [4.69, 9.17) is 5.11 Å². The number of carboxylic acids is 1. The fourth-order valence-corrected chi connectivity index (χ4v) is 7.29. The maximum atomic E-state index is 11.8. The molecule has 3 saturated carbocycles. The standard InChI is InChI=1S/C23H32O5/c1-13(20(25)12-21(26)27)23(28)10-8-19-18-5-3-14-11-15(24)4-6-16(14)17(18)7-9-22(19,23)2/h11,16-20,25,28H,1,3-10,12H2,2H3,(H,26,27)/t16-,17+,18+,19-,20+,22-,23+/m0/s1. The average Bonchev–Trinajstić information content (AvgIpc) is 2.92. The van der Waals surface area contributed by atoms with Gasteiger partial charge in [0.2, 0.25) is 0 Å². The second-order valence-electron chi connectivity index (χ2n) is 9.80. The van der Waals surface area contributed by atoms with E-state index in [1.807, 2.05) is 6.08 Å². The Hall–Kier alpha value is -1.46. The lowest BCUT2D eigenvalue weighted by atomic mass is 9.50. The molecule has 0 aromatic rings. The van der Waals surface area contributed by atoms with E-state index < -0.39 is 24.1 Å². The number of carboxylic acid groups (broad SMARTS) is 1. The lowest BCUT2D eigenvalue weighted by molar-refractivity contribution is -0.139. The number of ketones is 1. The molecule has 7 atom stereocenters. The molecular formula is C23H32O5. The van der Waals surface area contributed by atoms with Crippen LogP contribution < -0.4 is 0 Å². The Morgan fingerprint density at radius 3 is 2.68 bits per heavy atom. The molecule has 0 aliphatic heterocycles. The van der Waals surface area contributed by atoms with E-state index in [1.54, 1.807) is 0 Å². The number of fused-ring (bicyclic) bond motifs is 5. The van der Waals surface area contributed by atoms with Gasteiger partial charge < -0.3 is 15.3 Å². The van der Waals surface area contributed by atoms with Crippen molar-refractivity contribution in [1.82, 2.24) is 0 Å². The highest BCUT2D eigenvalue weighted by Crippen LogP contribution is 2.66. The fourth-order valence-electron chi connectivity index (χ4n) is 7.29. The minimum absolute atomic E-state index is 0.268. The first-order valence-electron chi connectivity index (χ1n) is 10.7. The van der Waals surface area contributed by atoms with E-state index >= 15 is 0 Å². The molecule has 0 radical (unpaired) electrons. The quantitative estimate of drug-likeness (QED) is 0.643. The first kappa shape index (κ1) is 19.8. The van der Waals surface area contributed by atoms with Crippen molar-refractivity contribution in [3.8, 4) is 0 Å². The molecule has 0 saturated heterocycles. The molecule has 0 aromatic carbocycles. The average molecular weight is 389 g/mol. The van der Waals surface area contributed by atoms with Gasteiger partial charge >= 0.3 is 5.97 Å². The van der Waals surface area contributed by atoms with Crippen LogP contribution in [0.5, 0.6) is 0 Å². The van der Waals surface area contributed by atoms with Crippen LogP contribution in [0.25, 0.3) is 0 Å². The summed E-state index contributed by atoms with van der Waals surface area (Å²) >= 11 is 0.